The molecule has 7 nitrogen and oxygen atoms in total. The number of benzene rings is 2. The Kier molecular flexibility index (Phi) is 6.43. The molecule has 0 saturated carbocycles. The molecule has 0 radical (unpaired) electrons. The van der Waals surface area contributed by atoms with E-state index in [0.717, 1.165) is 34.7 Å². The fourth-order valence-corrected chi connectivity index (χ4v) is 5.16. The number of carbonyl (C=O) groups is 2. The second-order valence-corrected chi connectivity index (χ2v) is 9.73. The molecule has 1 aliphatic rings. The minimum atomic E-state index is -4.46. The molecule has 5 rings (SSSR count). The molecule has 0 aliphatic carbocycles. The molecule has 1 aliphatic heterocycles. The molecule has 37 heavy (non-hydrogen) atoms. The number of nitrogens with zero attached hydrogens (tertiary/aromatic N) is 4. The number of nitrogens with one attached hydrogen (secondary N) is 1. The van der Waals surface area contributed by atoms with Gasteiger partial charge in [0.05, 0.1) is 11.1 Å². The van der Waals surface area contributed by atoms with Gasteiger partial charge in [0.15, 0.2) is 0 Å². The fourth-order valence-electron chi connectivity index (χ4n) is 5.16. The number of hydrogen-bond donors (Lipinski definition) is 1. The van der Waals surface area contributed by atoms with Gasteiger partial charge < -0.3 is 14.8 Å². The summed E-state index contributed by atoms with van der Waals surface area (Å²) in [6.45, 7) is 2.34. The number of hydrogen-bond acceptors (Lipinski definition) is 3. The van der Waals surface area contributed by atoms with Crippen LogP contribution in [-0.4, -0.2) is 56.9 Å². The Hall–Kier alpha value is -3.82. The zero-order valence-electron chi connectivity index (χ0n) is 20.7. The van der Waals surface area contributed by atoms with E-state index in [-0.39, 0.29) is 11.5 Å². The second-order valence-electron chi connectivity index (χ2n) is 9.73. The predicted octanol–water partition coefficient (Wildman–Crippen LogP) is 4.68. The van der Waals surface area contributed by atoms with Gasteiger partial charge in [-0.05, 0) is 49.4 Å². The first-order chi connectivity index (χ1) is 17.6. The number of likely N-dealkylation sites (tertiary alicyclic amines) is 1. The molecule has 3 heterocycles. The van der Waals surface area contributed by atoms with Crippen LogP contribution in [0.4, 0.5) is 13.2 Å². The number of aryl methyl sites for hydroxylation is 2. The van der Waals surface area contributed by atoms with Gasteiger partial charge in [0.2, 0.25) is 0 Å². The molecule has 10 heteroatoms. The summed E-state index contributed by atoms with van der Waals surface area (Å²) in [6, 6.07) is 11.1. The monoisotopic (exact) mass is 511 g/mol. The molecule has 0 unspecified atom stereocenters. The maximum Gasteiger partial charge on any atom is 0.405 e. The summed E-state index contributed by atoms with van der Waals surface area (Å²) in [4.78, 5) is 27.4. The maximum absolute atomic E-state index is 13.2. The van der Waals surface area contributed by atoms with Crippen LogP contribution in [0.1, 0.15) is 39.1 Å². The van der Waals surface area contributed by atoms with E-state index >= 15 is 0 Å². The first-order valence-electron chi connectivity index (χ1n) is 12.3. The number of piperidine rings is 1. The van der Waals surface area contributed by atoms with Crippen molar-refractivity contribution in [3.8, 4) is 0 Å². The highest BCUT2D eigenvalue weighted by Gasteiger charge is 2.29. The van der Waals surface area contributed by atoms with Gasteiger partial charge in [-0.15, -0.1) is 0 Å². The minimum absolute atomic E-state index is 0.0482. The highest BCUT2D eigenvalue weighted by molar-refractivity contribution is 6.07. The Morgan fingerprint density at radius 1 is 1.03 bits per heavy atom. The lowest BCUT2D eigenvalue weighted by Crippen LogP contribution is -2.39. The topological polar surface area (TPSA) is 72.2 Å². The van der Waals surface area contributed by atoms with Crippen molar-refractivity contribution in [1.29, 1.82) is 0 Å². The van der Waals surface area contributed by atoms with Crippen molar-refractivity contribution in [2.45, 2.75) is 32.5 Å². The van der Waals surface area contributed by atoms with Crippen LogP contribution in [0.25, 0.3) is 21.8 Å². The average molecular weight is 512 g/mol. The second kappa shape index (κ2) is 9.57. The molecule has 2 amide bonds. The van der Waals surface area contributed by atoms with Crippen molar-refractivity contribution in [2.24, 2.45) is 13.0 Å². The Morgan fingerprint density at radius 3 is 2.49 bits per heavy atom. The van der Waals surface area contributed by atoms with Crippen LogP contribution in [0.15, 0.2) is 48.8 Å². The summed E-state index contributed by atoms with van der Waals surface area (Å²) in [5.41, 5.74) is 3.24. The largest absolute Gasteiger partial charge is 0.405 e. The zero-order valence-corrected chi connectivity index (χ0v) is 20.7. The van der Waals surface area contributed by atoms with E-state index in [1.165, 1.54) is 6.07 Å². The summed E-state index contributed by atoms with van der Waals surface area (Å²) in [6.07, 6.45) is 0.967. The van der Waals surface area contributed by atoms with Gasteiger partial charge in [0.1, 0.15) is 6.54 Å². The van der Waals surface area contributed by atoms with Crippen molar-refractivity contribution < 1.29 is 22.8 Å². The number of halogens is 3. The van der Waals surface area contributed by atoms with Gasteiger partial charge >= 0.3 is 6.18 Å². The third-order valence-corrected chi connectivity index (χ3v) is 7.17. The molecule has 4 aromatic rings. The summed E-state index contributed by atoms with van der Waals surface area (Å²) in [5, 5.41) is 8.24. The lowest BCUT2D eigenvalue weighted by molar-refractivity contribution is -0.123. The molecule has 0 spiro atoms. The van der Waals surface area contributed by atoms with Gasteiger partial charge in [-0.1, -0.05) is 18.2 Å². The van der Waals surface area contributed by atoms with E-state index in [2.05, 4.69) is 5.10 Å². The number of amides is 2. The minimum Gasteiger partial charge on any atom is -0.350 e. The number of carbonyl (C=O) groups excluding carboxylic acids is 2. The lowest BCUT2D eigenvalue weighted by Gasteiger charge is -2.32. The van der Waals surface area contributed by atoms with Gasteiger partial charge in [-0.3, -0.25) is 14.3 Å². The van der Waals surface area contributed by atoms with Gasteiger partial charge in [-0.25, -0.2) is 0 Å². The van der Waals surface area contributed by atoms with Crippen LogP contribution >= 0.6 is 0 Å². The first kappa shape index (κ1) is 24.9. The number of para-hydroxylation sites is 1. The Labute approximate surface area is 211 Å². The van der Waals surface area contributed by atoms with Crippen molar-refractivity contribution in [1.82, 2.24) is 24.6 Å². The maximum atomic E-state index is 13.2. The predicted molar refractivity (Wildman–Crippen MR) is 134 cm³/mol. The molecular formula is C27H28F3N5O2. The third kappa shape index (κ3) is 5.05. The standard InChI is InChI=1S/C27H28F3N5O2/c1-17-19(25(36)31-16-27(28,29)30)7-8-23-21(17)15-35(32-23)13-18-9-11-34(12-10-18)26(37)22-14-33(2)24-6-4-3-5-20(22)24/h3-8,14-15,18H,9-13,16H2,1-2H3,(H,31,36). The number of fused-ring (bicyclic) bond motifs is 2. The van der Waals surface area contributed by atoms with E-state index < -0.39 is 18.6 Å². The van der Waals surface area contributed by atoms with Gasteiger partial charge in [0.25, 0.3) is 11.8 Å². The molecule has 1 fully saturated rings. The van der Waals surface area contributed by atoms with Crippen molar-refractivity contribution >= 4 is 33.6 Å². The Morgan fingerprint density at radius 2 is 1.76 bits per heavy atom. The van der Waals surface area contributed by atoms with Crippen molar-refractivity contribution in [3.05, 3.63) is 65.5 Å². The van der Waals surface area contributed by atoms with Crippen LogP contribution < -0.4 is 5.32 Å². The summed E-state index contributed by atoms with van der Waals surface area (Å²) in [7, 11) is 1.94. The highest BCUT2D eigenvalue weighted by Crippen LogP contribution is 2.27. The van der Waals surface area contributed by atoms with Gasteiger partial charge in [-0.2, -0.15) is 18.3 Å². The molecule has 0 bridgehead atoms. The summed E-state index contributed by atoms with van der Waals surface area (Å²) >= 11 is 0. The Balaban J connectivity index is 1.23. The number of alkyl halides is 3. The first-order valence-corrected chi connectivity index (χ1v) is 12.3. The van der Waals surface area contributed by atoms with Crippen LogP contribution in [0.5, 0.6) is 0 Å². The zero-order chi connectivity index (χ0) is 26.3. The number of aromatic nitrogens is 3. The van der Waals surface area contributed by atoms with Gasteiger partial charge in [0, 0.05) is 60.9 Å². The van der Waals surface area contributed by atoms with E-state index in [1.807, 2.05) is 63.2 Å². The van der Waals surface area contributed by atoms with E-state index in [9.17, 15) is 22.8 Å². The van der Waals surface area contributed by atoms with Crippen LogP contribution in [-0.2, 0) is 13.6 Å². The molecule has 1 saturated heterocycles. The SMILES string of the molecule is Cc1c(C(=O)NCC(F)(F)F)ccc2nn(CC3CCN(C(=O)c4cn(C)c5ccccc45)CC3)cc12. The van der Waals surface area contributed by atoms with Crippen molar-refractivity contribution in [3.63, 3.8) is 0 Å². The summed E-state index contributed by atoms with van der Waals surface area (Å²) < 4.78 is 41.2. The molecular weight excluding hydrogens is 483 g/mol. The number of rotatable bonds is 5. The average Bonchev–Trinajstić information content (AvgIpc) is 3.44. The van der Waals surface area contributed by atoms with E-state index in [4.69, 9.17) is 0 Å². The third-order valence-electron chi connectivity index (χ3n) is 7.17. The highest BCUT2D eigenvalue weighted by atomic mass is 19.4. The van der Waals surface area contributed by atoms with Crippen molar-refractivity contribution in [2.75, 3.05) is 19.6 Å². The quantitative estimate of drug-likeness (QED) is 0.423. The normalized spacial score (nSPS) is 15.0. The molecule has 2 aromatic carbocycles. The fraction of sp³-hybridized carbons (Fsp3) is 0.370. The molecule has 0 atom stereocenters. The molecule has 2 aromatic heterocycles. The van der Waals surface area contributed by atoms with E-state index in [1.54, 1.807) is 13.0 Å². The van der Waals surface area contributed by atoms with E-state index in [0.29, 0.717) is 36.6 Å². The Bertz CT molecular complexity index is 1480. The smallest absolute Gasteiger partial charge is 0.350 e. The lowest BCUT2D eigenvalue weighted by atomic mass is 9.96. The van der Waals surface area contributed by atoms with Crippen LogP contribution in [0.2, 0.25) is 0 Å². The molecule has 1 N–H and O–H groups in total. The van der Waals surface area contributed by atoms with Crippen LogP contribution in [0.3, 0.4) is 0 Å². The summed E-state index contributed by atoms with van der Waals surface area (Å²) in [5.74, 6) is -0.375. The molecule has 194 valence electrons. The van der Waals surface area contributed by atoms with Crippen LogP contribution in [0, 0.1) is 12.8 Å².